The Morgan fingerprint density at radius 2 is 1.44 bits per heavy atom. The number of amidine groups is 1. The van der Waals surface area contributed by atoms with Crippen LogP contribution in [0.4, 0.5) is 11.4 Å². The molecule has 1 aliphatic carbocycles. The fraction of sp³-hybridized carbons (Fsp3) is 0.152. The molecule has 8 aromatic rings. The number of hydrogen-bond acceptors (Lipinski definition) is 5. The molecule has 0 radical (unpaired) electrons. The lowest BCUT2D eigenvalue weighted by Crippen LogP contribution is -2.46. The molecule has 0 fully saturated rings. The number of anilines is 2. The Morgan fingerprint density at radius 3 is 2.25 bits per heavy atom. The molecule has 4 atom stereocenters. The average Bonchev–Trinajstić information content (AvgIpc) is 3.84. The predicted octanol–water partition coefficient (Wildman–Crippen LogP) is 10.8. The first-order valence-electron chi connectivity index (χ1n) is 18.3. The summed E-state index contributed by atoms with van der Waals surface area (Å²) in [4.78, 5) is 8.11. The standard InChI is InChI=1S/C46H37N5O/c1-46-28-16-15-25-34(46)39-37-33-24-12-14-27-36(33)52-42(37)41-38(40(39)51(46)31-21-9-4-10-22-31)32-23-11-13-26-35(32)50(41)45-48-43(29-17-5-2-6-18-29)47-44(49-45)30-19-7-3-8-20-30/h2-14,16-24,26-28,34,43,45,48H,15,25H2,1H3,(H,47,49). The molecule has 6 heteroatoms. The summed E-state index contributed by atoms with van der Waals surface area (Å²) < 4.78 is 9.48. The van der Waals surface area contributed by atoms with Gasteiger partial charge < -0.3 is 19.2 Å². The average molecular weight is 676 g/mol. The van der Waals surface area contributed by atoms with Crippen molar-refractivity contribution in [2.75, 3.05) is 4.90 Å². The molecule has 6 aromatic carbocycles. The summed E-state index contributed by atoms with van der Waals surface area (Å²) in [5.41, 5.74) is 9.79. The van der Waals surface area contributed by atoms with Gasteiger partial charge in [-0.1, -0.05) is 127 Å². The summed E-state index contributed by atoms with van der Waals surface area (Å²) in [5, 5.41) is 12.4. The maximum absolute atomic E-state index is 7.08. The van der Waals surface area contributed by atoms with Crippen LogP contribution in [0, 0.1) is 0 Å². The Hall–Kier alpha value is -6.11. The van der Waals surface area contributed by atoms with Crippen molar-refractivity contribution in [3.8, 4) is 0 Å². The maximum Gasteiger partial charge on any atom is 0.184 e. The molecule has 4 heterocycles. The molecular weight excluding hydrogens is 639 g/mol. The van der Waals surface area contributed by atoms with Gasteiger partial charge in [0.2, 0.25) is 0 Å². The van der Waals surface area contributed by atoms with Crippen molar-refractivity contribution in [1.82, 2.24) is 15.2 Å². The van der Waals surface area contributed by atoms with E-state index in [1.54, 1.807) is 0 Å². The Balaban J connectivity index is 1.29. The maximum atomic E-state index is 7.08. The summed E-state index contributed by atoms with van der Waals surface area (Å²) in [6.07, 6.45) is 6.35. The second-order valence-electron chi connectivity index (χ2n) is 14.5. The number of aliphatic imine (C=N–C) groups is 1. The van der Waals surface area contributed by atoms with Crippen LogP contribution in [-0.4, -0.2) is 15.9 Å². The van der Waals surface area contributed by atoms with E-state index in [1.165, 1.54) is 33.1 Å². The van der Waals surface area contributed by atoms with Crippen LogP contribution in [0.1, 0.15) is 54.8 Å². The van der Waals surface area contributed by atoms with E-state index in [-0.39, 0.29) is 17.6 Å². The molecule has 252 valence electrons. The molecular formula is C46H37N5O. The number of fused-ring (bicyclic) bond motifs is 12. The fourth-order valence-electron chi connectivity index (χ4n) is 9.41. The molecule has 2 N–H and O–H groups in total. The van der Waals surface area contributed by atoms with Gasteiger partial charge in [0.05, 0.1) is 22.3 Å². The van der Waals surface area contributed by atoms with Crippen LogP contribution >= 0.6 is 0 Å². The number of furan rings is 1. The van der Waals surface area contributed by atoms with E-state index in [9.17, 15) is 0 Å². The Labute approximate surface area is 301 Å². The smallest absolute Gasteiger partial charge is 0.184 e. The van der Waals surface area contributed by atoms with E-state index in [0.29, 0.717) is 0 Å². The quantitative estimate of drug-likeness (QED) is 0.182. The van der Waals surface area contributed by atoms with E-state index in [2.05, 4.69) is 179 Å². The normalized spacial score (nSPS) is 22.5. The third kappa shape index (κ3) is 4.13. The first-order valence-corrected chi connectivity index (χ1v) is 18.3. The molecule has 0 bridgehead atoms. The third-order valence-electron chi connectivity index (χ3n) is 11.6. The van der Waals surface area contributed by atoms with Crippen LogP contribution in [0.2, 0.25) is 0 Å². The topological polar surface area (TPSA) is 57.7 Å². The highest BCUT2D eigenvalue weighted by Gasteiger charge is 2.51. The lowest BCUT2D eigenvalue weighted by molar-refractivity contribution is 0.341. The van der Waals surface area contributed by atoms with Gasteiger partial charge in [-0.2, -0.15) is 0 Å². The van der Waals surface area contributed by atoms with Crippen molar-refractivity contribution < 1.29 is 4.42 Å². The molecule has 11 rings (SSSR count). The monoisotopic (exact) mass is 675 g/mol. The van der Waals surface area contributed by atoms with Gasteiger partial charge in [0.1, 0.15) is 17.6 Å². The molecule has 3 aliphatic rings. The zero-order valence-corrected chi connectivity index (χ0v) is 28.8. The SMILES string of the molecule is CC12C=CCCC1c1c(c3c4ccccc4n(C4N=C(c5ccccc5)NC(c5ccccc5)N4)c3c3oc4ccccc4c13)N2c1ccccc1. The minimum Gasteiger partial charge on any atom is -0.454 e. The fourth-order valence-corrected chi connectivity index (χ4v) is 9.41. The number of allylic oxidation sites excluding steroid dienone is 1. The van der Waals surface area contributed by atoms with E-state index in [4.69, 9.17) is 9.41 Å². The van der Waals surface area contributed by atoms with Gasteiger partial charge in [-0.25, -0.2) is 4.99 Å². The molecule has 2 aliphatic heterocycles. The van der Waals surface area contributed by atoms with Crippen molar-refractivity contribution in [2.45, 2.75) is 43.7 Å². The first kappa shape index (κ1) is 29.6. The van der Waals surface area contributed by atoms with Crippen LogP contribution in [0.3, 0.4) is 0 Å². The van der Waals surface area contributed by atoms with E-state index >= 15 is 0 Å². The molecule has 6 nitrogen and oxygen atoms in total. The van der Waals surface area contributed by atoms with Gasteiger partial charge in [-0.3, -0.25) is 5.32 Å². The van der Waals surface area contributed by atoms with Crippen LogP contribution in [0.5, 0.6) is 0 Å². The summed E-state index contributed by atoms with van der Waals surface area (Å²) in [6, 6.07) is 49.4. The second kappa shape index (κ2) is 11.2. The Bertz CT molecular complexity index is 2730. The largest absolute Gasteiger partial charge is 0.454 e. The number of hydrogen-bond donors (Lipinski definition) is 2. The molecule has 0 amide bonds. The summed E-state index contributed by atoms with van der Waals surface area (Å²) in [5.74, 6) is 1.13. The highest BCUT2D eigenvalue weighted by Crippen LogP contribution is 2.62. The predicted molar refractivity (Wildman–Crippen MR) is 212 cm³/mol. The van der Waals surface area contributed by atoms with Gasteiger partial charge in [-0.15, -0.1) is 0 Å². The number of nitrogens with one attached hydrogen (secondary N) is 2. The van der Waals surface area contributed by atoms with Gasteiger partial charge in [0.15, 0.2) is 11.9 Å². The number of benzene rings is 6. The third-order valence-corrected chi connectivity index (χ3v) is 11.6. The zero-order valence-electron chi connectivity index (χ0n) is 28.8. The zero-order chi connectivity index (χ0) is 34.4. The Kier molecular flexibility index (Phi) is 6.37. The van der Waals surface area contributed by atoms with Crippen LogP contribution in [0.25, 0.3) is 43.7 Å². The van der Waals surface area contributed by atoms with Gasteiger partial charge in [-0.05, 0) is 55.2 Å². The first-order chi connectivity index (χ1) is 25.7. The number of nitrogens with zero attached hydrogens (tertiary/aromatic N) is 3. The Morgan fingerprint density at radius 1 is 0.750 bits per heavy atom. The molecule has 0 saturated carbocycles. The molecule has 2 aromatic heterocycles. The van der Waals surface area contributed by atoms with Crippen molar-refractivity contribution in [3.05, 3.63) is 168 Å². The van der Waals surface area contributed by atoms with E-state index in [1.807, 2.05) is 0 Å². The summed E-state index contributed by atoms with van der Waals surface area (Å²) >= 11 is 0. The van der Waals surface area contributed by atoms with Gasteiger partial charge in [0.25, 0.3) is 0 Å². The van der Waals surface area contributed by atoms with Gasteiger partial charge in [0, 0.05) is 38.7 Å². The van der Waals surface area contributed by atoms with Crippen molar-refractivity contribution in [1.29, 1.82) is 0 Å². The van der Waals surface area contributed by atoms with Crippen molar-refractivity contribution >= 4 is 61.0 Å². The van der Waals surface area contributed by atoms with E-state index < -0.39 is 6.29 Å². The lowest BCUT2D eigenvalue weighted by Gasteiger charge is -2.41. The molecule has 4 unspecified atom stereocenters. The molecule has 0 saturated heterocycles. The van der Waals surface area contributed by atoms with Crippen LogP contribution < -0.4 is 15.5 Å². The van der Waals surface area contributed by atoms with Crippen molar-refractivity contribution in [3.63, 3.8) is 0 Å². The lowest BCUT2D eigenvalue weighted by atomic mass is 9.75. The van der Waals surface area contributed by atoms with Crippen LogP contribution in [0.15, 0.2) is 161 Å². The summed E-state index contributed by atoms with van der Waals surface area (Å²) in [7, 11) is 0. The molecule has 0 spiro atoms. The number of rotatable bonds is 4. The number of para-hydroxylation sites is 3. The van der Waals surface area contributed by atoms with Crippen LogP contribution in [-0.2, 0) is 0 Å². The highest BCUT2D eigenvalue weighted by molar-refractivity contribution is 6.28. The van der Waals surface area contributed by atoms with E-state index in [0.717, 1.165) is 57.4 Å². The number of aromatic nitrogens is 1. The minimum atomic E-state index is -0.442. The van der Waals surface area contributed by atoms with Crippen molar-refractivity contribution in [2.24, 2.45) is 4.99 Å². The minimum absolute atomic E-state index is 0.177. The highest BCUT2D eigenvalue weighted by atomic mass is 16.3. The molecule has 52 heavy (non-hydrogen) atoms. The summed E-state index contributed by atoms with van der Waals surface area (Å²) in [6.45, 7) is 2.43. The van der Waals surface area contributed by atoms with Gasteiger partial charge >= 0.3 is 0 Å². The second-order valence-corrected chi connectivity index (χ2v) is 14.5.